The molecule has 0 amide bonds. The van der Waals surface area contributed by atoms with E-state index in [2.05, 4.69) is 31.0 Å². The Morgan fingerprint density at radius 3 is 2.39 bits per heavy atom. The van der Waals surface area contributed by atoms with Crippen LogP contribution in [0.4, 0.5) is 0 Å². The summed E-state index contributed by atoms with van der Waals surface area (Å²) >= 11 is 1.34. The van der Waals surface area contributed by atoms with Gasteiger partial charge in [0.25, 0.3) is 5.56 Å². The van der Waals surface area contributed by atoms with Crippen LogP contribution in [0.5, 0.6) is 0 Å². The van der Waals surface area contributed by atoms with Crippen molar-refractivity contribution in [2.45, 2.75) is 46.6 Å². The molecule has 2 heterocycles. The van der Waals surface area contributed by atoms with Crippen LogP contribution in [0, 0.1) is 6.92 Å². The Kier molecular flexibility index (Phi) is 6.47. The molecule has 4 rings (SSSR count). The number of aryl methyl sites for hydroxylation is 1. The minimum atomic E-state index is -0.582. The van der Waals surface area contributed by atoms with Crippen molar-refractivity contribution < 1.29 is 9.53 Å². The highest BCUT2D eigenvalue weighted by atomic mass is 32.1. The number of carbonyl (C=O) groups excluding carboxylic acids is 1. The number of rotatable bonds is 5. The van der Waals surface area contributed by atoms with E-state index < -0.39 is 12.0 Å². The van der Waals surface area contributed by atoms with E-state index in [9.17, 15) is 9.59 Å². The van der Waals surface area contributed by atoms with Gasteiger partial charge in [-0.25, -0.2) is 9.79 Å². The van der Waals surface area contributed by atoms with Crippen molar-refractivity contribution in [2.24, 2.45) is 4.99 Å². The Balaban J connectivity index is 1.92. The Hall–Kier alpha value is -3.25. The first kappa shape index (κ1) is 22.9. The zero-order valence-electron chi connectivity index (χ0n) is 19.6. The third kappa shape index (κ3) is 4.48. The van der Waals surface area contributed by atoms with Gasteiger partial charge in [0.1, 0.15) is 0 Å². The summed E-state index contributed by atoms with van der Waals surface area (Å²) < 4.78 is 7.57. The molecule has 1 aliphatic rings. The second-order valence-corrected chi connectivity index (χ2v) is 9.54. The summed E-state index contributed by atoms with van der Waals surface area (Å²) in [6, 6.07) is 15.5. The predicted octanol–water partition coefficient (Wildman–Crippen LogP) is 4.23. The largest absolute Gasteiger partial charge is 0.463 e. The topological polar surface area (TPSA) is 60.7 Å². The molecule has 1 atom stereocenters. The zero-order chi connectivity index (χ0) is 23.7. The third-order valence-electron chi connectivity index (χ3n) is 5.81. The lowest BCUT2D eigenvalue weighted by molar-refractivity contribution is -0.139. The maximum atomic E-state index is 13.6. The van der Waals surface area contributed by atoms with E-state index in [1.165, 1.54) is 16.9 Å². The van der Waals surface area contributed by atoms with E-state index in [0.717, 1.165) is 16.7 Å². The first-order valence-corrected chi connectivity index (χ1v) is 12.0. The molecule has 3 aromatic rings. The average molecular weight is 461 g/mol. The number of ether oxygens (including phenoxy) is 1. The second kappa shape index (κ2) is 9.32. The number of thiazole rings is 1. The van der Waals surface area contributed by atoms with Gasteiger partial charge in [0, 0.05) is 0 Å². The highest BCUT2D eigenvalue weighted by molar-refractivity contribution is 7.07. The second-order valence-electron chi connectivity index (χ2n) is 8.53. The molecule has 6 heteroatoms. The first-order chi connectivity index (χ1) is 15.8. The molecule has 170 valence electrons. The van der Waals surface area contributed by atoms with E-state index in [1.54, 1.807) is 18.4 Å². The molecule has 0 aliphatic carbocycles. The van der Waals surface area contributed by atoms with Crippen LogP contribution in [-0.4, -0.2) is 17.1 Å². The first-order valence-electron chi connectivity index (χ1n) is 11.2. The summed E-state index contributed by atoms with van der Waals surface area (Å²) in [6.45, 7) is 10.1. The lowest BCUT2D eigenvalue weighted by Crippen LogP contribution is -2.39. The molecule has 0 saturated heterocycles. The van der Waals surface area contributed by atoms with E-state index >= 15 is 0 Å². The maximum absolute atomic E-state index is 13.6. The van der Waals surface area contributed by atoms with E-state index in [0.29, 0.717) is 26.5 Å². The molecule has 1 aliphatic heterocycles. The lowest BCUT2D eigenvalue weighted by Gasteiger charge is -2.25. The fourth-order valence-corrected chi connectivity index (χ4v) is 5.03. The quantitative estimate of drug-likeness (QED) is 0.536. The number of esters is 1. The van der Waals surface area contributed by atoms with Crippen LogP contribution in [0.25, 0.3) is 6.08 Å². The minimum Gasteiger partial charge on any atom is -0.463 e. The third-order valence-corrected chi connectivity index (χ3v) is 6.79. The van der Waals surface area contributed by atoms with Crippen molar-refractivity contribution in [2.75, 3.05) is 6.61 Å². The average Bonchev–Trinajstić information content (AvgIpc) is 3.09. The maximum Gasteiger partial charge on any atom is 0.338 e. The Labute approximate surface area is 197 Å². The minimum absolute atomic E-state index is 0.161. The summed E-state index contributed by atoms with van der Waals surface area (Å²) in [5.74, 6) is -0.0538. The lowest BCUT2D eigenvalue weighted by atomic mass is 9.93. The standard InChI is InChI=1S/C27H28N2O3S/c1-6-32-26(31)23-18(5)28-27-29(24(23)21-13-11-20(12-14-21)16(2)3)25(30)22(33-27)15-19-9-7-17(4)8-10-19/h7-16,24H,6H2,1-5H3/b22-15-/t24-/m1/s1. The molecule has 0 unspecified atom stereocenters. The van der Waals surface area contributed by atoms with Crippen LogP contribution in [0.3, 0.4) is 0 Å². The van der Waals surface area contributed by atoms with Gasteiger partial charge in [-0.3, -0.25) is 9.36 Å². The molecule has 2 aromatic carbocycles. The zero-order valence-corrected chi connectivity index (χ0v) is 20.4. The monoisotopic (exact) mass is 460 g/mol. The molecule has 0 fully saturated rings. The SMILES string of the molecule is CCOC(=O)C1=C(C)N=c2s/c(=C\c3ccc(C)cc3)c(=O)n2[C@@H]1c1ccc(C(C)C)cc1. The molecule has 0 saturated carbocycles. The molecule has 0 bridgehead atoms. The normalized spacial score (nSPS) is 16.1. The van der Waals surface area contributed by atoms with Crippen molar-refractivity contribution in [1.29, 1.82) is 0 Å². The Morgan fingerprint density at radius 1 is 1.12 bits per heavy atom. The van der Waals surface area contributed by atoms with Gasteiger partial charge in [0.15, 0.2) is 4.80 Å². The molecular formula is C27H28N2O3S. The van der Waals surface area contributed by atoms with Gasteiger partial charge in [-0.05, 0) is 49.5 Å². The van der Waals surface area contributed by atoms with Crippen molar-refractivity contribution >= 4 is 23.4 Å². The summed E-state index contributed by atoms with van der Waals surface area (Å²) in [5.41, 5.74) is 4.99. The molecule has 0 spiro atoms. The van der Waals surface area contributed by atoms with Crippen LogP contribution in [0.1, 0.15) is 61.9 Å². The van der Waals surface area contributed by atoms with E-state index in [-0.39, 0.29) is 12.2 Å². The summed E-state index contributed by atoms with van der Waals surface area (Å²) in [7, 11) is 0. The fourth-order valence-electron chi connectivity index (χ4n) is 3.98. The van der Waals surface area contributed by atoms with Crippen molar-refractivity contribution in [1.82, 2.24) is 4.57 Å². The highest BCUT2D eigenvalue weighted by Gasteiger charge is 2.33. The summed E-state index contributed by atoms with van der Waals surface area (Å²) in [5, 5.41) is 0. The summed E-state index contributed by atoms with van der Waals surface area (Å²) in [6.07, 6.45) is 1.88. The van der Waals surface area contributed by atoms with E-state index in [1.807, 2.05) is 49.4 Å². The smallest absolute Gasteiger partial charge is 0.338 e. The van der Waals surface area contributed by atoms with E-state index in [4.69, 9.17) is 4.74 Å². The highest BCUT2D eigenvalue weighted by Crippen LogP contribution is 2.31. The van der Waals surface area contributed by atoms with Crippen molar-refractivity contribution in [3.63, 3.8) is 0 Å². The number of hydrogen-bond acceptors (Lipinski definition) is 5. The van der Waals surface area contributed by atoms with Gasteiger partial charge in [0.05, 0.1) is 28.5 Å². The van der Waals surface area contributed by atoms with Crippen LogP contribution in [-0.2, 0) is 9.53 Å². The fraction of sp³-hybridized carbons (Fsp3) is 0.296. The molecule has 0 radical (unpaired) electrons. The predicted molar refractivity (Wildman–Crippen MR) is 132 cm³/mol. The number of hydrogen-bond donors (Lipinski definition) is 0. The number of fused-ring (bicyclic) bond motifs is 1. The van der Waals surface area contributed by atoms with Crippen molar-refractivity contribution in [3.05, 3.63) is 102 Å². The van der Waals surface area contributed by atoms with Crippen molar-refractivity contribution in [3.8, 4) is 0 Å². The number of allylic oxidation sites excluding steroid dienone is 1. The van der Waals surface area contributed by atoms with Crippen LogP contribution in [0.2, 0.25) is 0 Å². The number of benzene rings is 2. The van der Waals surface area contributed by atoms with Crippen LogP contribution in [0.15, 0.2) is 69.6 Å². The van der Waals surface area contributed by atoms with Gasteiger partial charge in [-0.1, -0.05) is 79.3 Å². The molecule has 0 N–H and O–H groups in total. The van der Waals surface area contributed by atoms with Gasteiger partial charge in [0.2, 0.25) is 0 Å². The molecule has 33 heavy (non-hydrogen) atoms. The summed E-state index contributed by atoms with van der Waals surface area (Å²) in [4.78, 5) is 31.8. The van der Waals surface area contributed by atoms with Crippen LogP contribution < -0.4 is 14.9 Å². The van der Waals surface area contributed by atoms with Gasteiger partial charge < -0.3 is 4.74 Å². The number of nitrogens with zero attached hydrogens (tertiary/aromatic N) is 2. The Morgan fingerprint density at radius 2 is 1.79 bits per heavy atom. The molecule has 5 nitrogen and oxygen atoms in total. The Bertz CT molecular complexity index is 1390. The van der Waals surface area contributed by atoms with Gasteiger partial charge in [-0.15, -0.1) is 0 Å². The number of aromatic nitrogens is 1. The van der Waals surface area contributed by atoms with Gasteiger partial charge in [-0.2, -0.15) is 0 Å². The molecular weight excluding hydrogens is 432 g/mol. The molecule has 1 aromatic heterocycles. The van der Waals surface area contributed by atoms with Gasteiger partial charge >= 0.3 is 5.97 Å². The van der Waals surface area contributed by atoms with Crippen LogP contribution >= 0.6 is 11.3 Å². The number of carbonyl (C=O) groups is 1.